The van der Waals surface area contributed by atoms with Gasteiger partial charge in [0.2, 0.25) is 0 Å². The van der Waals surface area contributed by atoms with E-state index in [9.17, 15) is 29.7 Å². The highest BCUT2D eigenvalue weighted by Crippen LogP contribution is 2.51. The number of hydrogen-bond donors (Lipinski definition) is 3. The Balaban J connectivity index is 0.00000171. The largest absolute Gasteiger partial charge is 0.511 e. The van der Waals surface area contributed by atoms with Crippen molar-refractivity contribution in [3.05, 3.63) is 43.2 Å². The van der Waals surface area contributed by atoms with Crippen LogP contribution in [0.15, 0.2) is 23.0 Å². The number of carbonyl (C=O) groups excluding carboxylic acids is 3. The zero-order valence-corrected chi connectivity index (χ0v) is 18.7. The minimum Gasteiger partial charge on any atom is -0.511 e. The number of aryl methyl sites for hydroxylation is 1. The molecule has 0 bridgehead atoms. The Bertz CT molecular complexity index is 1060. The second-order valence-electron chi connectivity index (χ2n) is 8.02. The van der Waals surface area contributed by atoms with E-state index in [4.69, 9.17) is 0 Å². The molecular weight excluding hydrogens is 503 g/mol. The van der Waals surface area contributed by atoms with E-state index in [1.54, 1.807) is 0 Å². The van der Waals surface area contributed by atoms with Crippen molar-refractivity contribution in [2.75, 3.05) is 0 Å². The molecular formula is C22H27IO7. The third-order valence-electron chi connectivity index (χ3n) is 6.42. The van der Waals surface area contributed by atoms with E-state index in [0.717, 1.165) is 17.5 Å². The summed E-state index contributed by atoms with van der Waals surface area (Å²) in [5, 5.41) is 32.2. The summed E-state index contributed by atoms with van der Waals surface area (Å²) in [5.41, 5.74) is 1.99. The lowest BCUT2D eigenvalue weighted by atomic mass is 9.61. The lowest BCUT2D eigenvalue weighted by Gasteiger charge is -2.41. The number of Topliss-reactive ketones (excluding diaryl/α,β-unsaturated/α-hetero) is 3. The Morgan fingerprint density at radius 1 is 1.23 bits per heavy atom. The molecule has 1 fully saturated rings. The predicted octanol–water partition coefficient (Wildman–Crippen LogP) is 3.25. The number of fused-ring (bicyclic) bond motifs is 3. The van der Waals surface area contributed by atoms with Crippen LogP contribution in [0.2, 0.25) is 0 Å². The smallest absolute Gasteiger partial charge is 0.173 e. The fourth-order valence-electron chi connectivity index (χ4n) is 5.18. The number of phenolic OH excluding ortho intramolecular Hbond substituents is 1. The van der Waals surface area contributed by atoms with E-state index in [2.05, 4.69) is 0 Å². The lowest BCUT2D eigenvalue weighted by Crippen LogP contribution is -2.43. The van der Waals surface area contributed by atoms with Gasteiger partial charge in [-0.3, -0.25) is 14.4 Å². The molecule has 3 aliphatic carbocycles. The van der Waals surface area contributed by atoms with E-state index in [1.165, 1.54) is 6.92 Å². The molecule has 3 aliphatic rings. The minimum absolute atomic E-state index is 0. The second-order valence-corrected chi connectivity index (χ2v) is 9.18. The first-order valence-corrected chi connectivity index (χ1v) is 10.7. The summed E-state index contributed by atoms with van der Waals surface area (Å²) >= 11 is 2.00. The van der Waals surface area contributed by atoms with Gasteiger partial charge in [0.1, 0.15) is 17.3 Å². The summed E-state index contributed by atoms with van der Waals surface area (Å²) in [6.45, 7) is 3.19. The van der Waals surface area contributed by atoms with Gasteiger partial charge in [-0.25, -0.2) is 0 Å². The first-order valence-electron chi connectivity index (χ1n) is 9.65. The van der Waals surface area contributed by atoms with Gasteiger partial charge >= 0.3 is 0 Å². The molecule has 30 heavy (non-hydrogen) atoms. The van der Waals surface area contributed by atoms with Crippen molar-refractivity contribution in [1.29, 1.82) is 0 Å². The van der Waals surface area contributed by atoms with Gasteiger partial charge in [0.15, 0.2) is 17.3 Å². The Hall–Kier alpha value is -2.20. The Labute approximate surface area is 189 Å². The van der Waals surface area contributed by atoms with Crippen molar-refractivity contribution in [1.82, 2.24) is 0 Å². The van der Waals surface area contributed by atoms with E-state index in [0.29, 0.717) is 16.4 Å². The maximum atomic E-state index is 13.3. The molecule has 164 valence electrons. The van der Waals surface area contributed by atoms with Crippen molar-refractivity contribution in [3.63, 3.8) is 0 Å². The van der Waals surface area contributed by atoms with E-state index < -0.39 is 34.9 Å². The summed E-state index contributed by atoms with van der Waals surface area (Å²) in [5.74, 6) is -3.94. The van der Waals surface area contributed by atoms with Crippen LogP contribution in [0, 0.1) is 21.3 Å². The molecule has 7 nitrogen and oxygen atoms in total. The van der Waals surface area contributed by atoms with Crippen LogP contribution in [0.5, 0.6) is 5.75 Å². The summed E-state index contributed by atoms with van der Waals surface area (Å²) in [6, 6.07) is 1.89. The minimum atomic E-state index is -1.00. The first kappa shape index (κ1) is 22.5. The molecule has 1 aromatic rings. The molecule has 8 heteroatoms. The maximum Gasteiger partial charge on any atom is 0.173 e. The SMILES string of the molecule is CCc1cc(I)c(O)c2c1CC1CC3CC(=O)C(C(C)=O)=C(O)C3C(=O)C1=C2O.O.[HH].[HH]. The summed E-state index contributed by atoms with van der Waals surface area (Å²) in [6.07, 6.45) is 1.69. The Morgan fingerprint density at radius 3 is 2.50 bits per heavy atom. The first-order chi connectivity index (χ1) is 13.7. The van der Waals surface area contributed by atoms with Crippen LogP contribution in [-0.2, 0) is 27.2 Å². The molecule has 3 unspecified atom stereocenters. The number of aliphatic hydroxyl groups is 2. The molecule has 4 rings (SSSR count). The molecule has 1 aromatic carbocycles. The van der Waals surface area contributed by atoms with Gasteiger partial charge in [-0.1, -0.05) is 6.92 Å². The lowest BCUT2D eigenvalue weighted by molar-refractivity contribution is -0.127. The normalized spacial score (nSPS) is 25.4. The third kappa shape index (κ3) is 3.08. The fraction of sp³-hybridized carbons (Fsp3) is 0.409. The van der Waals surface area contributed by atoms with Gasteiger partial charge < -0.3 is 20.8 Å². The summed E-state index contributed by atoms with van der Waals surface area (Å²) < 4.78 is 0.592. The van der Waals surface area contributed by atoms with Crippen LogP contribution < -0.4 is 0 Å². The predicted molar refractivity (Wildman–Crippen MR) is 121 cm³/mol. The number of hydrogen-bond acceptors (Lipinski definition) is 6. The molecule has 0 saturated heterocycles. The topological polar surface area (TPSA) is 143 Å². The van der Waals surface area contributed by atoms with Crippen LogP contribution in [0.1, 0.15) is 46.2 Å². The van der Waals surface area contributed by atoms with Crippen LogP contribution in [0.3, 0.4) is 0 Å². The van der Waals surface area contributed by atoms with Crippen molar-refractivity contribution >= 4 is 45.7 Å². The second kappa shape index (κ2) is 7.81. The maximum absolute atomic E-state index is 13.3. The van der Waals surface area contributed by atoms with Crippen molar-refractivity contribution in [2.24, 2.45) is 17.8 Å². The summed E-state index contributed by atoms with van der Waals surface area (Å²) in [7, 11) is 0. The molecule has 3 atom stereocenters. The molecule has 0 aromatic heterocycles. The molecule has 0 aliphatic heterocycles. The molecule has 5 N–H and O–H groups in total. The van der Waals surface area contributed by atoms with E-state index in [-0.39, 0.29) is 48.9 Å². The number of halogens is 1. The van der Waals surface area contributed by atoms with E-state index in [1.807, 2.05) is 35.6 Å². The number of aromatic hydroxyl groups is 1. The van der Waals surface area contributed by atoms with Crippen molar-refractivity contribution in [3.8, 4) is 5.75 Å². The standard InChI is InChI=1S/C22H21IO6.H2O.2H2/c1-3-9-6-13(23)19(26)18-12(9)5-10-4-11-7-14(25)15(8(2)24)20(27)17(11)21(28)16(10)22(18)29;;;/h6,10-11,17,26-27,29H,3-5,7H2,1-2H3;1H2;2*1H. The zero-order chi connectivity index (χ0) is 21.2. The molecule has 0 radical (unpaired) electrons. The highest BCUT2D eigenvalue weighted by Gasteiger charge is 2.50. The Morgan fingerprint density at radius 2 is 1.90 bits per heavy atom. The zero-order valence-electron chi connectivity index (χ0n) is 16.6. The summed E-state index contributed by atoms with van der Waals surface area (Å²) in [4.78, 5) is 37.5. The van der Waals surface area contributed by atoms with Crippen LogP contribution in [-0.4, -0.2) is 38.1 Å². The highest BCUT2D eigenvalue weighted by molar-refractivity contribution is 14.1. The number of phenols is 1. The molecule has 0 spiro atoms. The average Bonchev–Trinajstić information content (AvgIpc) is 2.63. The monoisotopic (exact) mass is 530 g/mol. The van der Waals surface area contributed by atoms with Gasteiger partial charge in [-0.05, 0) is 77.8 Å². The number of rotatable bonds is 2. The van der Waals surface area contributed by atoms with Gasteiger partial charge in [-0.15, -0.1) is 0 Å². The Kier molecular flexibility index (Phi) is 5.85. The number of ketones is 3. The average molecular weight is 530 g/mol. The number of carbonyl (C=O) groups is 3. The fourth-order valence-corrected chi connectivity index (χ4v) is 5.82. The van der Waals surface area contributed by atoms with Gasteiger partial charge in [-0.2, -0.15) is 0 Å². The number of aliphatic hydroxyl groups excluding tert-OH is 2. The molecule has 0 amide bonds. The van der Waals surface area contributed by atoms with E-state index >= 15 is 0 Å². The van der Waals surface area contributed by atoms with Gasteiger partial charge in [0, 0.05) is 14.8 Å². The van der Waals surface area contributed by atoms with Gasteiger partial charge in [0.05, 0.1) is 20.6 Å². The molecule has 1 saturated carbocycles. The van der Waals surface area contributed by atoms with Crippen molar-refractivity contribution in [2.45, 2.75) is 39.5 Å². The third-order valence-corrected chi connectivity index (χ3v) is 7.24. The number of allylic oxidation sites excluding steroid dienone is 3. The van der Waals surface area contributed by atoms with Gasteiger partial charge in [0.25, 0.3) is 0 Å². The molecule has 0 heterocycles. The quantitative estimate of drug-likeness (QED) is 0.396. The highest BCUT2D eigenvalue weighted by atomic mass is 127. The van der Waals surface area contributed by atoms with Crippen LogP contribution >= 0.6 is 22.6 Å². The van der Waals surface area contributed by atoms with Crippen molar-refractivity contribution < 1.29 is 38.0 Å². The van der Waals surface area contributed by atoms with Crippen LogP contribution in [0.4, 0.5) is 0 Å². The number of benzene rings is 1. The van der Waals surface area contributed by atoms with Crippen LogP contribution in [0.25, 0.3) is 5.76 Å².